The molecule has 0 fully saturated rings. The van der Waals surface area contributed by atoms with Crippen molar-refractivity contribution in [2.75, 3.05) is 13.7 Å². The zero-order valence-electron chi connectivity index (χ0n) is 12.6. The Labute approximate surface area is 133 Å². The van der Waals surface area contributed by atoms with Gasteiger partial charge >= 0.3 is 0 Å². The lowest BCUT2D eigenvalue weighted by Crippen LogP contribution is -2.31. The fraction of sp³-hybridized carbons (Fsp3) is 0.538. The van der Waals surface area contributed by atoms with Crippen LogP contribution < -0.4 is 5.32 Å². The average molecular weight is 327 g/mol. The van der Waals surface area contributed by atoms with Crippen LogP contribution in [0.1, 0.15) is 25.2 Å². The number of aromatic nitrogens is 5. The van der Waals surface area contributed by atoms with E-state index in [9.17, 15) is 4.79 Å². The zero-order chi connectivity index (χ0) is 15.9. The van der Waals surface area contributed by atoms with Gasteiger partial charge in [0.2, 0.25) is 5.91 Å². The van der Waals surface area contributed by atoms with Gasteiger partial charge in [0, 0.05) is 26.5 Å². The lowest BCUT2D eigenvalue weighted by atomic mass is 10.3. The number of halogens is 1. The lowest BCUT2D eigenvalue weighted by Gasteiger charge is -2.13. The molecule has 2 aromatic rings. The Morgan fingerprint density at radius 3 is 3.05 bits per heavy atom. The molecule has 1 atom stereocenters. The highest BCUT2D eigenvalue weighted by Crippen LogP contribution is 2.11. The third-order valence-corrected chi connectivity index (χ3v) is 3.41. The maximum atomic E-state index is 12.1. The van der Waals surface area contributed by atoms with Crippen molar-refractivity contribution in [1.82, 2.24) is 29.9 Å². The first kappa shape index (κ1) is 16.4. The summed E-state index contributed by atoms with van der Waals surface area (Å²) in [5.41, 5.74) is 0. The van der Waals surface area contributed by atoms with Crippen molar-refractivity contribution in [3.63, 3.8) is 0 Å². The van der Waals surface area contributed by atoms with Gasteiger partial charge in [-0.2, -0.15) is 5.10 Å². The first-order valence-electron chi connectivity index (χ1n) is 6.94. The van der Waals surface area contributed by atoms with E-state index in [1.807, 2.05) is 4.57 Å². The largest absolute Gasteiger partial charge is 0.385 e. The summed E-state index contributed by atoms with van der Waals surface area (Å²) in [6.07, 6.45) is 5.61. The van der Waals surface area contributed by atoms with Gasteiger partial charge in [-0.1, -0.05) is 11.6 Å². The number of nitrogens with zero attached hydrogens (tertiary/aromatic N) is 5. The number of ether oxygens (including phenoxy) is 1. The van der Waals surface area contributed by atoms with E-state index in [2.05, 4.69) is 20.6 Å². The minimum absolute atomic E-state index is 0.161. The molecule has 0 radical (unpaired) electrons. The molecule has 1 N–H and O–H groups in total. The summed E-state index contributed by atoms with van der Waals surface area (Å²) >= 11 is 5.80. The zero-order valence-corrected chi connectivity index (χ0v) is 13.3. The first-order chi connectivity index (χ1) is 10.6. The smallest absolute Gasteiger partial charge is 0.244 e. The van der Waals surface area contributed by atoms with Crippen molar-refractivity contribution in [2.24, 2.45) is 0 Å². The molecule has 0 aliphatic heterocycles. The molecule has 0 saturated heterocycles. The highest BCUT2D eigenvalue weighted by molar-refractivity contribution is 6.30. The number of rotatable bonds is 8. The predicted molar refractivity (Wildman–Crippen MR) is 80.3 cm³/mol. The van der Waals surface area contributed by atoms with Crippen LogP contribution in [0.3, 0.4) is 0 Å². The molecule has 2 aromatic heterocycles. The SMILES string of the molecule is COCCCn1cnnc1CNC(=O)C(C)n1cc(Cl)cn1. The van der Waals surface area contributed by atoms with E-state index in [0.717, 1.165) is 13.0 Å². The lowest BCUT2D eigenvalue weighted by molar-refractivity contribution is -0.124. The van der Waals surface area contributed by atoms with Gasteiger partial charge in [0.1, 0.15) is 12.4 Å². The predicted octanol–water partition coefficient (Wildman–Crippen LogP) is 1.04. The van der Waals surface area contributed by atoms with Crippen LogP contribution in [0.5, 0.6) is 0 Å². The van der Waals surface area contributed by atoms with E-state index in [0.29, 0.717) is 24.0 Å². The molecule has 0 aliphatic rings. The molecule has 22 heavy (non-hydrogen) atoms. The maximum absolute atomic E-state index is 12.1. The standard InChI is InChI=1S/C13H19ClN6O2/c1-10(20-8-11(14)6-17-20)13(21)15-7-12-18-16-9-19(12)4-3-5-22-2/h6,8-10H,3-5,7H2,1-2H3,(H,15,21). The van der Waals surface area contributed by atoms with E-state index in [1.165, 1.54) is 10.9 Å². The van der Waals surface area contributed by atoms with Crippen LogP contribution in [-0.4, -0.2) is 44.2 Å². The quantitative estimate of drug-likeness (QED) is 0.732. The van der Waals surface area contributed by atoms with Crippen LogP contribution in [0.25, 0.3) is 0 Å². The number of aryl methyl sites for hydroxylation is 1. The average Bonchev–Trinajstić information content (AvgIpc) is 3.13. The van der Waals surface area contributed by atoms with Crippen molar-refractivity contribution in [2.45, 2.75) is 32.5 Å². The molecule has 0 bridgehead atoms. The Morgan fingerprint density at radius 2 is 2.36 bits per heavy atom. The molecule has 2 rings (SSSR count). The van der Waals surface area contributed by atoms with Crippen LogP contribution in [0, 0.1) is 0 Å². The van der Waals surface area contributed by atoms with Gasteiger partial charge in [-0.15, -0.1) is 10.2 Å². The third kappa shape index (κ3) is 4.28. The van der Waals surface area contributed by atoms with Crippen molar-refractivity contribution in [1.29, 1.82) is 0 Å². The Balaban J connectivity index is 1.87. The monoisotopic (exact) mass is 326 g/mol. The van der Waals surface area contributed by atoms with Crippen molar-refractivity contribution >= 4 is 17.5 Å². The van der Waals surface area contributed by atoms with Gasteiger partial charge in [-0.05, 0) is 13.3 Å². The Kier molecular flexibility index (Phi) is 5.91. The van der Waals surface area contributed by atoms with E-state index in [-0.39, 0.29) is 5.91 Å². The molecule has 2 heterocycles. The second-order valence-electron chi connectivity index (χ2n) is 4.82. The topological polar surface area (TPSA) is 86.9 Å². The summed E-state index contributed by atoms with van der Waals surface area (Å²) in [5, 5.41) is 15.2. The molecule has 1 amide bonds. The molecule has 8 nitrogen and oxygen atoms in total. The van der Waals surface area contributed by atoms with Crippen LogP contribution in [-0.2, 0) is 22.6 Å². The first-order valence-corrected chi connectivity index (χ1v) is 7.32. The van der Waals surface area contributed by atoms with Crippen LogP contribution in [0.2, 0.25) is 5.02 Å². The molecular weight excluding hydrogens is 308 g/mol. The number of amides is 1. The van der Waals surface area contributed by atoms with E-state index >= 15 is 0 Å². The van der Waals surface area contributed by atoms with E-state index in [4.69, 9.17) is 16.3 Å². The Morgan fingerprint density at radius 1 is 1.55 bits per heavy atom. The second-order valence-corrected chi connectivity index (χ2v) is 5.26. The summed E-state index contributed by atoms with van der Waals surface area (Å²) in [6, 6.07) is -0.447. The fourth-order valence-electron chi connectivity index (χ4n) is 1.94. The normalized spacial score (nSPS) is 12.3. The van der Waals surface area contributed by atoms with Crippen molar-refractivity contribution in [3.8, 4) is 0 Å². The summed E-state index contributed by atoms with van der Waals surface area (Å²) in [5.74, 6) is 0.543. The molecule has 1 unspecified atom stereocenters. The highest BCUT2D eigenvalue weighted by atomic mass is 35.5. The Hall–Kier alpha value is -1.93. The summed E-state index contributed by atoms with van der Waals surface area (Å²) in [4.78, 5) is 12.1. The van der Waals surface area contributed by atoms with Gasteiger partial charge in [0.15, 0.2) is 5.82 Å². The molecule has 120 valence electrons. The third-order valence-electron chi connectivity index (χ3n) is 3.21. The number of carbonyl (C=O) groups is 1. The van der Waals surface area contributed by atoms with Gasteiger partial charge < -0.3 is 14.6 Å². The molecular formula is C13H19ClN6O2. The summed E-state index contributed by atoms with van der Waals surface area (Å²) < 4.78 is 8.43. The van der Waals surface area contributed by atoms with Crippen LogP contribution >= 0.6 is 11.6 Å². The minimum Gasteiger partial charge on any atom is -0.385 e. The van der Waals surface area contributed by atoms with Gasteiger partial charge in [-0.25, -0.2) is 0 Å². The van der Waals surface area contributed by atoms with E-state index < -0.39 is 6.04 Å². The highest BCUT2D eigenvalue weighted by Gasteiger charge is 2.16. The summed E-state index contributed by atoms with van der Waals surface area (Å²) in [6.45, 7) is 3.48. The van der Waals surface area contributed by atoms with Crippen LogP contribution in [0.4, 0.5) is 0 Å². The van der Waals surface area contributed by atoms with E-state index in [1.54, 1.807) is 26.6 Å². The number of carbonyl (C=O) groups excluding carboxylic acids is 1. The van der Waals surface area contributed by atoms with Crippen LogP contribution in [0.15, 0.2) is 18.7 Å². The molecule has 9 heteroatoms. The summed E-state index contributed by atoms with van der Waals surface area (Å²) in [7, 11) is 1.66. The fourth-order valence-corrected chi connectivity index (χ4v) is 2.09. The van der Waals surface area contributed by atoms with Gasteiger partial charge in [0.25, 0.3) is 0 Å². The molecule has 0 spiro atoms. The molecule has 0 aliphatic carbocycles. The van der Waals surface area contributed by atoms with Gasteiger partial charge in [-0.3, -0.25) is 9.48 Å². The number of hydrogen-bond donors (Lipinski definition) is 1. The van der Waals surface area contributed by atoms with Crippen molar-refractivity contribution in [3.05, 3.63) is 29.6 Å². The van der Waals surface area contributed by atoms with Crippen molar-refractivity contribution < 1.29 is 9.53 Å². The van der Waals surface area contributed by atoms with Gasteiger partial charge in [0.05, 0.1) is 17.8 Å². The number of methoxy groups -OCH3 is 1. The molecule has 0 aromatic carbocycles. The number of hydrogen-bond acceptors (Lipinski definition) is 5. The Bertz CT molecular complexity index is 611. The number of nitrogens with one attached hydrogen (secondary N) is 1. The maximum Gasteiger partial charge on any atom is 0.244 e. The minimum atomic E-state index is -0.447. The second kappa shape index (κ2) is 7.90. The molecule has 0 saturated carbocycles.